The molecule has 0 aliphatic carbocycles. The lowest BCUT2D eigenvalue weighted by molar-refractivity contribution is 0.0446. The SMILES string of the molecule is COc1ccc(OP(=O)(N2CCOCC2)N2CCOCC2)cc1. The third-order valence-corrected chi connectivity index (χ3v) is 6.65. The Balaban J connectivity index is 1.82. The van der Waals surface area contributed by atoms with Crippen LogP contribution in [0.15, 0.2) is 24.3 Å². The average Bonchev–Trinajstić information content (AvgIpc) is 2.64. The second-order valence-corrected chi connectivity index (χ2v) is 7.68. The second kappa shape index (κ2) is 7.64. The van der Waals surface area contributed by atoms with E-state index in [4.69, 9.17) is 18.7 Å². The lowest BCUT2D eigenvalue weighted by Gasteiger charge is -2.40. The summed E-state index contributed by atoms with van der Waals surface area (Å²) in [5.41, 5.74) is 0. The van der Waals surface area contributed by atoms with Crippen LogP contribution in [0.1, 0.15) is 0 Å². The third-order valence-electron chi connectivity index (χ3n) is 3.97. The zero-order chi connectivity index (χ0) is 16.1. The first-order valence-electron chi connectivity index (χ1n) is 7.82. The van der Waals surface area contributed by atoms with Crippen LogP contribution in [-0.4, -0.2) is 69.1 Å². The number of hydrogen-bond donors (Lipinski definition) is 0. The van der Waals surface area contributed by atoms with Gasteiger partial charge < -0.3 is 18.7 Å². The summed E-state index contributed by atoms with van der Waals surface area (Å²) < 4.78 is 39.5. The van der Waals surface area contributed by atoms with E-state index in [1.54, 1.807) is 31.4 Å². The number of hydrogen-bond acceptors (Lipinski definition) is 5. The summed E-state index contributed by atoms with van der Waals surface area (Å²) in [5.74, 6) is 1.32. The van der Waals surface area contributed by atoms with Gasteiger partial charge in [-0.05, 0) is 24.3 Å². The Labute approximate surface area is 136 Å². The van der Waals surface area contributed by atoms with Crippen molar-refractivity contribution in [2.45, 2.75) is 0 Å². The molecule has 7 nitrogen and oxygen atoms in total. The Hall–Kier alpha value is -1.11. The van der Waals surface area contributed by atoms with Gasteiger partial charge in [-0.15, -0.1) is 0 Å². The molecule has 8 heteroatoms. The van der Waals surface area contributed by atoms with E-state index in [0.717, 1.165) is 5.75 Å². The molecular formula is C15H23N2O5P. The standard InChI is InChI=1S/C15H23N2O5P/c1-19-14-2-4-15(5-3-14)22-23(18,16-6-10-20-11-7-16)17-8-12-21-13-9-17/h2-5H,6-13H2,1H3. The van der Waals surface area contributed by atoms with E-state index < -0.39 is 7.67 Å². The maximum absolute atomic E-state index is 13.7. The lowest BCUT2D eigenvalue weighted by atomic mass is 10.3. The Morgan fingerprint density at radius 1 is 0.870 bits per heavy atom. The molecule has 23 heavy (non-hydrogen) atoms. The molecule has 0 radical (unpaired) electrons. The minimum Gasteiger partial charge on any atom is -0.497 e. The first kappa shape index (κ1) is 16.7. The minimum atomic E-state index is -3.15. The molecule has 0 saturated carbocycles. The van der Waals surface area contributed by atoms with Crippen LogP contribution in [0.3, 0.4) is 0 Å². The van der Waals surface area contributed by atoms with E-state index in [9.17, 15) is 4.57 Å². The Morgan fingerprint density at radius 3 is 1.74 bits per heavy atom. The molecule has 1 aromatic rings. The highest BCUT2D eigenvalue weighted by molar-refractivity contribution is 7.54. The summed E-state index contributed by atoms with van der Waals surface area (Å²) in [4.78, 5) is 0. The van der Waals surface area contributed by atoms with Crippen molar-refractivity contribution < 1.29 is 23.3 Å². The van der Waals surface area contributed by atoms with E-state index >= 15 is 0 Å². The zero-order valence-corrected chi connectivity index (χ0v) is 14.2. The van der Waals surface area contributed by atoms with Gasteiger partial charge in [-0.25, -0.2) is 13.9 Å². The fourth-order valence-electron chi connectivity index (χ4n) is 2.68. The molecule has 2 aliphatic heterocycles. The first-order valence-corrected chi connectivity index (χ1v) is 9.35. The van der Waals surface area contributed by atoms with E-state index in [-0.39, 0.29) is 0 Å². The molecule has 2 saturated heterocycles. The summed E-state index contributed by atoms with van der Waals surface area (Å²) in [6, 6.07) is 7.18. The normalized spacial score (nSPS) is 21.1. The molecule has 0 bridgehead atoms. The van der Waals surface area contributed by atoms with Crippen LogP contribution in [0.4, 0.5) is 0 Å². The first-order chi connectivity index (χ1) is 11.2. The largest absolute Gasteiger partial charge is 0.497 e. The summed E-state index contributed by atoms with van der Waals surface area (Å²) >= 11 is 0. The molecule has 0 N–H and O–H groups in total. The van der Waals surface area contributed by atoms with Gasteiger partial charge in [0.2, 0.25) is 0 Å². The summed E-state index contributed by atoms with van der Waals surface area (Å²) in [6.45, 7) is 4.69. The molecule has 0 amide bonds. The third kappa shape index (κ3) is 3.87. The molecule has 0 spiro atoms. The second-order valence-electron chi connectivity index (χ2n) is 5.39. The number of ether oxygens (including phenoxy) is 3. The van der Waals surface area contributed by atoms with Crippen molar-refractivity contribution in [1.82, 2.24) is 9.34 Å². The van der Waals surface area contributed by atoms with Gasteiger partial charge in [0.25, 0.3) is 0 Å². The van der Waals surface area contributed by atoms with Gasteiger partial charge in [-0.2, -0.15) is 0 Å². The monoisotopic (exact) mass is 342 g/mol. The number of methoxy groups -OCH3 is 1. The Kier molecular flexibility index (Phi) is 5.56. The van der Waals surface area contributed by atoms with E-state index in [1.165, 1.54) is 0 Å². The van der Waals surface area contributed by atoms with Crippen molar-refractivity contribution in [3.63, 3.8) is 0 Å². The maximum atomic E-state index is 13.7. The molecule has 2 fully saturated rings. The summed E-state index contributed by atoms with van der Waals surface area (Å²) in [6.07, 6.45) is 0. The smallest absolute Gasteiger partial charge is 0.396 e. The van der Waals surface area contributed by atoms with Crippen LogP contribution in [-0.2, 0) is 14.0 Å². The van der Waals surface area contributed by atoms with E-state index in [0.29, 0.717) is 58.4 Å². The molecule has 1 aromatic carbocycles. The van der Waals surface area contributed by atoms with E-state index in [2.05, 4.69) is 0 Å². The van der Waals surface area contributed by atoms with Crippen LogP contribution < -0.4 is 9.26 Å². The van der Waals surface area contributed by atoms with Crippen molar-refractivity contribution >= 4 is 7.67 Å². The summed E-state index contributed by atoms with van der Waals surface area (Å²) in [7, 11) is -1.54. The minimum absolute atomic E-state index is 0.570. The molecule has 0 atom stereocenters. The Morgan fingerprint density at radius 2 is 1.30 bits per heavy atom. The van der Waals surface area contributed by atoms with Gasteiger partial charge in [-0.3, -0.25) is 0 Å². The molecule has 0 aromatic heterocycles. The molecule has 2 aliphatic rings. The predicted octanol–water partition coefficient (Wildman–Crippen LogP) is 1.85. The maximum Gasteiger partial charge on any atom is 0.396 e. The van der Waals surface area contributed by atoms with Crippen molar-refractivity contribution in [3.8, 4) is 11.5 Å². The highest BCUT2D eigenvalue weighted by Gasteiger charge is 2.41. The van der Waals surface area contributed by atoms with Gasteiger partial charge in [0.15, 0.2) is 0 Å². The van der Waals surface area contributed by atoms with Crippen LogP contribution in [0.5, 0.6) is 11.5 Å². The predicted molar refractivity (Wildman–Crippen MR) is 86.0 cm³/mol. The van der Waals surface area contributed by atoms with Crippen molar-refractivity contribution in [2.75, 3.05) is 59.7 Å². The quantitative estimate of drug-likeness (QED) is 0.757. The van der Waals surface area contributed by atoms with Gasteiger partial charge in [0, 0.05) is 26.2 Å². The highest BCUT2D eigenvalue weighted by atomic mass is 31.2. The van der Waals surface area contributed by atoms with Crippen LogP contribution in [0, 0.1) is 0 Å². The van der Waals surface area contributed by atoms with Crippen molar-refractivity contribution in [2.24, 2.45) is 0 Å². The fourth-order valence-corrected chi connectivity index (χ4v) is 5.00. The number of benzene rings is 1. The van der Waals surface area contributed by atoms with Crippen molar-refractivity contribution in [3.05, 3.63) is 24.3 Å². The van der Waals surface area contributed by atoms with Gasteiger partial charge >= 0.3 is 7.67 Å². The van der Waals surface area contributed by atoms with E-state index in [1.807, 2.05) is 9.34 Å². The number of nitrogens with zero attached hydrogens (tertiary/aromatic N) is 2. The summed E-state index contributed by atoms with van der Waals surface area (Å²) in [5, 5.41) is 0. The van der Waals surface area contributed by atoms with Gasteiger partial charge in [0.1, 0.15) is 11.5 Å². The topological polar surface area (TPSA) is 60.5 Å². The lowest BCUT2D eigenvalue weighted by Crippen LogP contribution is -2.44. The highest BCUT2D eigenvalue weighted by Crippen LogP contribution is 2.54. The molecule has 128 valence electrons. The Bertz CT molecular complexity index is 519. The van der Waals surface area contributed by atoms with Crippen LogP contribution in [0.2, 0.25) is 0 Å². The van der Waals surface area contributed by atoms with Crippen LogP contribution in [0.25, 0.3) is 0 Å². The molecule has 0 unspecified atom stereocenters. The molecule has 2 heterocycles. The average molecular weight is 342 g/mol. The molecular weight excluding hydrogens is 319 g/mol. The van der Waals surface area contributed by atoms with Gasteiger partial charge in [0.05, 0.1) is 33.5 Å². The van der Waals surface area contributed by atoms with Crippen molar-refractivity contribution in [1.29, 1.82) is 0 Å². The number of morpholine rings is 2. The van der Waals surface area contributed by atoms with Crippen LogP contribution >= 0.6 is 7.67 Å². The number of rotatable bonds is 5. The zero-order valence-electron chi connectivity index (χ0n) is 13.3. The fraction of sp³-hybridized carbons (Fsp3) is 0.600. The van der Waals surface area contributed by atoms with Gasteiger partial charge in [-0.1, -0.05) is 0 Å². The molecule has 3 rings (SSSR count).